The summed E-state index contributed by atoms with van der Waals surface area (Å²) >= 11 is 0. The minimum atomic E-state index is -0.839. The van der Waals surface area contributed by atoms with Gasteiger partial charge in [-0.1, -0.05) is 19.4 Å². The Morgan fingerprint density at radius 1 is 0.974 bits per heavy atom. The van der Waals surface area contributed by atoms with E-state index in [4.69, 9.17) is 14.2 Å². The van der Waals surface area contributed by atoms with Crippen molar-refractivity contribution < 1.29 is 28.9 Å². The van der Waals surface area contributed by atoms with Gasteiger partial charge in [0.05, 0.1) is 31.9 Å². The molecule has 1 aliphatic heterocycles. The highest BCUT2D eigenvalue weighted by Crippen LogP contribution is 2.43. The van der Waals surface area contributed by atoms with E-state index in [2.05, 4.69) is 11.9 Å². The summed E-state index contributed by atoms with van der Waals surface area (Å²) in [5, 5.41) is 11.3. The predicted molar refractivity (Wildman–Crippen MR) is 143 cm³/mol. The van der Waals surface area contributed by atoms with Crippen molar-refractivity contribution >= 4 is 17.4 Å². The smallest absolute Gasteiger partial charge is 0.295 e. The number of nitrogens with zero attached hydrogens (tertiary/aromatic N) is 2. The van der Waals surface area contributed by atoms with Gasteiger partial charge in [0.15, 0.2) is 11.5 Å². The number of rotatable bonds is 11. The molecule has 0 bridgehead atoms. The lowest BCUT2D eigenvalue weighted by Crippen LogP contribution is -2.29. The molecule has 1 aromatic heterocycles. The van der Waals surface area contributed by atoms with Crippen LogP contribution in [-0.4, -0.2) is 47.0 Å². The fourth-order valence-corrected chi connectivity index (χ4v) is 4.39. The first kappa shape index (κ1) is 26.7. The molecular formula is C30H32N2O6. The molecular weight excluding hydrogens is 484 g/mol. The number of ether oxygens (including phenoxy) is 3. The van der Waals surface area contributed by atoms with E-state index in [-0.39, 0.29) is 17.9 Å². The molecule has 0 radical (unpaired) electrons. The molecule has 0 aliphatic carbocycles. The van der Waals surface area contributed by atoms with Gasteiger partial charge in [0, 0.05) is 24.5 Å². The maximum Gasteiger partial charge on any atom is 0.295 e. The third-order valence-electron chi connectivity index (χ3n) is 6.34. The summed E-state index contributed by atoms with van der Waals surface area (Å²) in [6.45, 7) is 5.09. The zero-order valence-electron chi connectivity index (χ0n) is 21.8. The summed E-state index contributed by atoms with van der Waals surface area (Å²) in [6.07, 6.45) is 5.17. The third-order valence-corrected chi connectivity index (χ3v) is 6.34. The number of ketones is 1. The normalized spacial score (nSPS) is 16.5. The van der Waals surface area contributed by atoms with Crippen LogP contribution in [0, 0.1) is 0 Å². The molecule has 3 aromatic rings. The third kappa shape index (κ3) is 5.64. The SMILES string of the molecule is CCCCOc1ccc(C2/C(=C(\O)c3ccc(OC)cc3)C(=O)C(=O)N2Cc2ccncc2)cc1OCC. The fraction of sp³-hybridized carbons (Fsp3) is 0.300. The number of benzene rings is 2. The second kappa shape index (κ2) is 12.3. The van der Waals surface area contributed by atoms with E-state index < -0.39 is 17.7 Å². The molecule has 198 valence electrons. The van der Waals surface area contributed by atoms with Gasteiger partial charge >= 0.3 is 0 Å². The van der Waals surface area contributed by atoms with Crippen molar-refractivity contribution in [2.45, 2.75) is 39.3 Å². The highest BCUT2D eigenvalue weighted by molar-refractivity contribution is 6.46. The van der Waals surface area contributed by atoms with Crippen molar-refractivity contribution in [2.24, 2.45) is 0 Å². The molecule has 8 nitrogen and oxygen atoms in total. The molecule has 1 unspecified atom stereocenters. The summed E-state index contributed by atoms with van der Waals surface area (Å²) in [5.74, 6) is 0.0118. The molecule has 1 amide bonds. The number of aliphatic hydroxyl groups excluding tert-OH is 1. The molecule has 1 saturated heterocycles. The highest BCUT2D eigenvalue weighted by Gasteiger charge is 2.46. The Bertz CT molecular complexity index is 1300. The predicted octanol–water partition coefficient (Wildman–Crippen LogP) is 5.29. The lowest BCUT2D eigenvalue weighted by atomic mass is 9.94. The van der Waals surface area contributed by atoms with Gasteiger partial charge in [-0.15, -0.1) is 0 Å². The summed E-state index contributed by atoms with van der Waals surface area (Å²) in [7, 11) is 1.55. The van der Waals surface area contributed by atoms with E-state index >= 15 is 0 Å². The van der Waals surface area contributed by atoms with E-state index in [9.17, 15) is 14.7 Å². The minimum Gasteiger partial charge on any atom is -0.507 e. The number of methoxy groups -OCH3 is 1. The quantitative estimate of drug-likeness (QED) is 0.160. The lowest BCUT2D eigenvalue weighted by Gasteiger charge is -2.26. The maximum atomic E-state index is 13.4. The van der Waals surface area contributed by atoms with E-state index in [1.54, 1.807) is 74.1 Å². The highest BCUT2D eigenvalue weighted by atomic mass is 16.5. The van der Waals surface area contributed by atoms with Crippen molar-refractivity contribution in [1.29, 1.82) is 0 Å². The topological polar surface area (TPSA) is 98.2 Å². The molecule has 1 aliphatic rings. The number of aliphatic hydroxyl groups is 1. The van der Waals surface area contributed by atoms with Gasteiger partial charge in [-0.05, 0) is 73.0 Å². The molecule has 1 atom stereocenters. The molecule has 8 heteroatoms. The van der Waals surface area contributed by atoms with Gasteiger partial charge in [-0.3, -0.25) is 14.6 Å². The van der Waals surface area contributed by atoms with Crippen molar-refractivity contribution in [1.82, 2.24) is 9.88 Å². The van der Waals surface area contributed by atoms with Crippen LogP contribution in [0.15, 0.2) is 72.6 Å². The molecule has 4 rings (SSSR count). The van der Waals surface area contributed by atoms with Crippen LogP contribution >= 0.6 is 0 Å². The number of aromatic nitrogens is 1. The van der Waals surface area contributed by atoms with Crippen LogP contribution in [0.2, 0.25) is 0 Å². The number of hydrogen-bond acceptors (Lipinski definition) is 7. The second-order valence-electron chi connectivity index (χ2n) is 8.85. The summed E-state index contributed by atoms with van der Waals surface area (Å²) in [5.41, 5.74) is 1.85. The number of likely N-dealkylation sites (tertiary alicyclic amines) is 1. The number of carbonyl (C=O) groups excluding carboxylic acids is 2. The summed E-state index contributed by atoms with van der Waals surface area (Å²) in [4.78, 5) is 32.2. The summed E-state index contributed by atoms with van der Waals surface area (Å²) < 4.78 is 17.0. The number of pyridine rings is 1. The van der Waals surface area contributed by atoms with E-state index in [0.717, 1.165) is 18.4 Å². The van der Waals surface area contributed by atoms with Gasteiger partial charge in [0.1, 0.15) is 11.5 Å². The zero-order chi connectivity index (χ0) is 27.1. The van der Waals surface area contributed by atoms with E-state index in [0.29, 0.717) is 41.6 Å². The van der Waals surface area contributed by atoms with E-state index in [1.807, 2.05) is 6.92 Å². The monoisotopic (exact) mass is 516 g/mol. The largest absolute Gasteiger partial charge is 0.507 e. The van der Waals surface area contributed by atoms with Crippen LogP contribution in [0.25, 0.3) is 5.76 Å². The molecule has 38 heavy (non-hydrogen) atoms. The Labute approximate surface area is 222 Å². The first-order chi connectivity index (χ1) is 18.5. The van der Waals surface area contributed by atoms with Crippen LogP contribution in [0.1, 0.15) is 49.4 Å². The minimum absolute atomic E-state index is 0.0105. The average Bonchev–Trinajstić information content (AvgIpc) is 3.19. The summed E-state index contributed by atoms with van der Waals surface area (Å²) in [6, 6.07) is 14.8. The second-order valence-corrected chi connectivity index (χ2v) is 8.85. The van der Waals surface area contributed by atoms with Gasteiger partial charge in [-0.25, -0.2) is 0 Å². The lowest BCUT2D eigenvalue weighted by molar-refractivity contribution is -0.140. The Morgan fingerprint density at radius 2 is 1.71 bits per heavy atom. The maximum absolute atomic E-state index is 13.4. The van der Waals surface area contributed by atoms with Crippen molar-refractivity contribution in [2.75, 3.05) is 20.3 Å². The number of hydrogen-bond donors (Lipinski definition) is 1. The van der Waals surface area contributed by atoms with Crippen molar-refractivity contribution in [3.8, 4) is 17.2 Å². The molecule has 1 fully saturated rings. The Balaban J connectivity index is 1.83. The van der Waals surface area contributed by atoms with Crippen LogP contribution in [0.5, 0.6) is 17.2 Å². The van der Waals surface area contributed by atoms with Gasteiger partial charge < -0.3 is 24.2 Å². The number of unbranched alkanes of at least 4 members (excludes halogenated alkanes) is 1. The van der Waals surface area contributed by atoms with E-state index in [1.165, 1.54) is 4.90 Å². The van der Waals surface area contributed by atoms with Crippen molar-refractivity contribution in [3.63, 3.8) is 0 Å². The standard InChI is InChI=1S/C30H32N2O6/c1-4-6-17-38-24-12-9-22(18-25(24)37-5-2)27-26(28(33)21-7-10-23(36-3)11-8-21)29(34)30(35)32(27)19-20-13-15-31-16-14-20/h7-16,18,27,33H,4-6,17,19H2,1-3H3/b28-26+. The molecule has 2 heterocycles. The Morgan fingerprint density at radius 3 is 2.37 bits per heavy atom. The van der Waals surface area contributed by atoms with Crippen molar-refractivity contribution in [3.05, 3.63) is 89.3 Å². The van der Waals surface area contributed by atoms with Gasteiger partial charge in [0.25, 0.3) is 11.7 Å². The van der Waals surface area contributed by atoms with Gasteiger partial charge in [0.2, 0.25) is 0 Å². The van der Waals surface area contributed by atoms with Crippen LogP contribution in [0.3, 0.4) is 0 Å². The molecule has 2 aromatic carbocycles. The average molecular weight is 517 g/mol. The fourth-order valence-electron chi connectivity index (χ4n) is 4.39. The van der Waals surface area contributed by atoms with Crippen LogP contribution < -0.4 is 14.2 Å². The molecule has 0 saturated carbocycles. The van der Waals surface area contributed by atoms with Crippen LogP contribution in [0.4, 0.5) is 0 Å². The first-order valence-electron chi connectivity index (χ1n) is 12.7. The number of Topliss-reactive ketones (excluding diaryl/α,β-unsaturated/α-hetero) is 1. The zero-order valence-corrected chi connectivity index (χ0v) is 21.8. The Hall–Kier alpha value is -4.33. The molecule has 0 spiro atoms. The Kier molecular flexibility index (Phi) is 8.63. The van der Waals surface area contributed by atoms with Crippen LogP contribution in [-0.2, 0) is 16.1 Å². The number of carbonyl (C=O) groups is 2. The first-order valence-corrected chi connectivity index (χ1v) is 12.7. The van der Waals surface area contributed by atoms with Gasteiger partial charge in [-0.2, -0.15) is 0 Å². The molecule has 1 N–H and O–H groups in total. The number of amides is 1.